The van der Waals surface area contributed by atoms with Crippen LogP contribution in [0.5, 0.6) is 0 Å². The molecular formula is C19H24F3N3O3. The summed E-state index contributed by atoms with van der Waals surface area (Å²) in [7, 11) is 0. The third-order valence-corrected chi connectivity index (χ3v) is 5.12. The van der Waals surface area contributed by atoms with Gasteiger partial charge in [0.05, 0.1) is 11.1 Å². The molecule has 154 valence electrons. The van der Waals surface area contributed by atoms with Crippen LogP contribution in [0.25, 0.3) is 0 Å². The maximum atomic E-state index is 12.6. The molecule has 3 rings (SSSR count). The van der Waals surface area contributed by atoms with Crippen molar-refractivity contribution >= 4 is 11.9 Å². The molecule has 1 spiro atoms. The van der Waals surface area contributed by atoms with Gasteiger partial charge in [-0.1, -0.05) is 12.1 Å². The summed E-state index contributed by atoms with van der Waals surface area (Å²) >= 11 is 0. The van der Waals surface area contributed by atoms with Crippen molar-refractivity contribution in [2.24, 2.45) is 5.41 Å². The van der Waals surface area contributed by atoms with E-state index in [-0.39, 0.29) is 5.41 Å². The summed E-state index contributed by atoms with van der Waals surface area (Å²) in [5.41, 5.74) is 1.02. The molecule has 1 aromatic rings. The van der Waals surface area contributed by atoms with Gasteiger partial charge in [-0.3, -0.25) is 14.7 Å². The molecule has 1 aromatic heterocycles. The Bertz CT molecular complexity index is 687. The van der Waals surface area contributed by atoms with Gasteiger partial charge in [0.1, 0.15) is 0 Å². The number of aliphatic carboxylic acids is 1. The molecule has 2 fully saturated rings. The first kappa shape index (κ1) is 21.9. The van der Waals surface area contributed by atoms with E-state index in [0.717, 1.165) is 51.1 Å². The fraction of sp³-hybridized carbons (Fsp3) is 0.526. The second-order valence-electron chi connectivity index (χ2n) is 6.97. The molecule has 2 saturated heterocycles. The van der Waals surface area contributed by atoms with Crippen LogP contribution in [0.4, 0.5) is 13.2 Å². The number of aromatic nitrogens is 1. The van der Waals surface area contributed by atoms with Crippen molar-refractivity contribution in [1.29, 1.82) is 0 Å². The number of nitrogens with zero attached hydrogens (tertiary/aromatic N) is 3. The molecule has 0 aliphatic carbocycles. The zero-order valence-corrected chi connectivity index (χ0v) is 15.5. The van der Waals surface area contributed by atoms with Crippen LogP contribution in [0, 0.1) is 5.41 Å². The van der Waals surface area contributed by atoms with E-state index >= 15 is 0 Å². The van der Waals surface area contributed by atoms with Crippen molar-refractivity contribution in [1.82, 2.24) is 14.8 Å². The number of carbonyl (C=O) groups excluding carboxylic acids is 1. The Labute approximate surface area is 161 Å². The minimum atomic E-state index is -5.08. The van der Waals surface area contributed by atoms with Gasteiger partial charge in [-0.05, 0) is 44.5 Å². The lowest BCUT2D eigenvalue weighted by atomic mass is 9.77. The lowest BCUT2D eigenvalue weighted by molar-refractivity contribution is -0.192. The Kier molecular flexibility index (Phi) is 7.17. The van der Waals surface area contributed by atoms with E-state index < -0.39 is 12.1 Å². The van der Waals surface area contributed by atoms with Crippen LogP contribution >= 0.6 is 0 Å². The predicted molar refractivity (Wildman–Crippen MR) is 96.3 cm³/mol. The van der Waals surface area contributed by atoms with Crippen molar-refractivity contribution < 1.29 is 27.9 Å². The molecule has 1 N–H and O–H groups in total. The maximum Gasteiger partial charge on any atom is 0.490 e. The van der Waals surface area contributed by atoms with Gasteiger partial charge < -0.3 is 10.0 Å². The molecule has 2 aliphatic rings. The molecule has 1 amide bonds. The zero-order valence-electron chi connectivity index (χ0n) is 15.5. The van der Waals surface area contributed by atoms with E-state index in [9.17, 15) is 18.0 Å². The first-order valence-electron chi connectivity index (χ1n) is 9.00. The molecule has 0 aromatic carbocycles. The van der Waals surface area contributed by atoms with E-state index in [0.29, 0.717) is 12.5 Å². The number of hydrogen-bond acceptors (Lipinski definition) is 4. The molecule has 6 nitrogen and oxygen atoms in total. The second kappa shape index (κ2) is 9.18. The van der Waals surface area contributed by atoms with Crippen LogP contribution in [-0.4, -0.2) is 64.1 Å². The number of likely N-dealkylation sites (tertiary alicyclic amines) is 2. The van der Waals surface area contributed by atoms with Gasteiger partial charge in [0.25, 0.3) is 0 Å². The minimum Gasteiger partial charge on any atom is -0.475 e. The van der Waals surface area contributed by atoms with Crippen molar-refractivity contribution in [3.63, 3.8) is 0 Å². The standard InChI is InChI=1S/C17H23N3O.C2HF3O2/c1-2-10-20-13-8-17(16(20)21)6-11-19(12-7-17)14-15-5-3-4-9-18-15;3-2(4,5)1(6)7/h2-5,9H,1,6-8,10-14H2;(H,6,7). The largest absolute Gasteiger partial charge is 0.490 e. The zero-order chi connectivity index (χ0) is 20.8. The van der Waals surface area contributed by atoms with Crippen LogP contribution in [0.3, 0.4) is 0 Å². The SMILES string of the molecule is C=CCN1CCC2(CCN(Cc3ccccn3)CC2)C1=O.O=C(O)C(F)(F)F. The summed E-state index contributed by atoms with van der Waals surface area (Å²) in [5, 5.41) is 7.12. The van der Waals surface area contributed by atoms with Gasteiger partial charge in [-0.2, -0.15) is 13.2 Å². The van der Waals surface area contributed by atoms with Crippen molar-refractivity contribution in [3.8, 4) is 0 Å². The number of hydrogen-bond donors (Lipinski definition) is 1. The molecule has 2 aliphatic heterocycles. The van der Waals surface area contributed by atoms with E-state index in [2.05, 4.69) is 22.5 Å². The summed E-state index contributed by atoms with van der Waals surface area (Å²) in [5.74, 6) is -2.41. The number of alkyl halides is 3. The van der Waals surface area contributed by atoms with Gasteiger partial charge in [0.15, 0.2) is 0 Å². The summed E-state index contributed by atoms with van der Waals surface area (Å²) in [4.78, 5) is 30.2. The molecule has 3 heterocycles. The number of amides is 1. The summed E-state index contributed by atoms with van der Waals surface area (Å²) in [6.45, 7) is 8.20. The second-order valence-corrected chi connectivity index (χ2v) is 6.97. The van der Waals surface area contributed by atoms with Crippen LogP contribution < -0.4 is 0 Å². The molecule has 0 radical (unpaired) electrons. The fourth-order valence-electron chi connectivity index (χ4n) is 3.55. The topological polar surface area (TPSA) is 73.7 Å². The Morgan fingerprint density at radius 3 is 2.36 bits per heavy atom. The van der Waals surface area contributed by atoms with E-state index in [1.165, 1.54) is 0 Å². The number of piperidine rings is 1. The molecular weight excluding hydrogens is 375 g/mol. The minimum absolute atomic E-state index is 0.0936. The van der Waals surface area contributed by atoms with Crippen LogP contribution in [0.15, 0.2) is 37.1 Å². The van der Waals surface area contributed by atoms with Crippen molar-refractivity contribution in [2.45, 2.75) is 32.0 Å². The van der Waals surface area contributed by atoms with E-state index in [1.54, 1.807) is 0 Å². The van der Waals surface area contributed by atoms with E-state index in [4.69, 9.17) is 9.90 Å². The average molecular weight is 399 g/mol. The highest BCUT2D eigenvalue weighted by molar-refractivity contribution is 5.85. The van der Waals surface area contributed by atoms with Crippen molar-refractivity contribution in [2.75, 3.05) is 26.2 Å². The maximum absolute atomic E-state index is 12.6. The molecule has 0 bridgehead atoms. The predicted octanol–water partition coefficient (Wildman–Crippen LogP) is 2.72. The number of rotatable bonds is 4. The number of pyridine rings is 1. The lowest BCUT2D eigenvalue weighted by Gasteiger charge is -2.37. The average Bonchev–Trinajstić information content (AvgIpc) is 2.94. The molecule has 9 heteroatoms. The normalized spacial score (nSPS) is 19.2. The third-order valence-electron chi connectivity index (χ3n) is 5.12. The van der Waals surface area contributed by atoms with Gasteiger partial charge in [0, 0.05) is 25.8 Å². The highest BCUT2D eigenvalue weighted by Crippen LogP contribution is 2.41. The monoisotopic (exact) mass is 399 g/mol. The molecule has 0 saturated carbocycles. The quantitative estimate of drug-likeness (QED) is 0.788. The lowest BCUT2D eigenvalue weighted by Crippen LogP contribution is -2.44. The molecule has 0 atom stereocenters. The van der Waals surface area contributed by atoms with Crippen LogP contribution in [0.2, 0.25) is 0 Å². The van der Waals surface area contributed by atoms with Crippen molar-refractivity contribution in [3.05, 3.63) is 42.7 Å². The Morgan fingerprint density at radius 2 is 1.86 bits per heavy atom. The first-order chi connectivity index (χ1) is 13.2. The summed E-state index contributed by atoms with van der Waals surface area (Å²) in [6.07, 6.45) is 1.55. The number of carbonyl (C=O) groups is 2. The molecule has 0 unspecified atom stereocenters. The Balaban J connectivity index is 0.000000345. The van der Waals surface area contributed by atoms with Gasteiger partial charge in [-0.15, -0.1) is 6.58 Å². The summed E-state index contributed by atoms with van der Waals surface area (Å²) in [6, 6.07) is 6.04. The smallest absolute Gasteiger partial charge is 0.475 e. The Hall–Kier alpha value is -2.42. The molecule has 28 heavy (non-hydrogen) atoms. The number of carboxylic acid groups (broad SMARTS) is 1. The Morgan fingerprint density at radius 1 is 1.25 bits per heavy atom. The van der Waals surface area contributed by atoms with Crippen LogP contribution in [0.1, 0.15) is 25.0 Å². The summed E-state index contributed by atoms with van der Waals surface area (Å²) < 4.78 is 31.7. The van der Waals surface area contributed by atoms with Crippen LogP contribution in [-0.2, 0) is 16.1 Å². The first-order valence-corrected chi connectivity index (χ1v) is 9.00. The van der Waals surface area contributed by atoms with Gasteiger partial charge in [-0.25, -0.2) is 4.79 Å². The van der Waals surface area contributed by atoms with Gasteiger partial charge in [0.2, 0.25) is 5.91 Å². The van der Waals surface area contributed by atoms with Gasteiger partial charge >= 0.3 is 12.1 Å². The highest BCUT2D eigenvalue weighted by atomic mass is 19.4. The number of carboxylic acids is 1. The third kappa shape index (κ3) is 5.54. The fourth-order valence-corrected chi connectivity index (χ4v) is 3.55. The number of halogens is 3. The van der Waals surface area contributed by atoms with E-state index in [1.807, 2.05) is 29.3 Å². The highest BCUT2D eigenvalue weighted by Gasteiger charge is 2.47.